The molecule has 0 amide bonds. The fourth-order valence-corrected chi connectivity index (χ4v) is 1.60. The van der Waals surface area contributed by atoms with Gasteiger partial charge in [0.25, 0.3) is 0 Å². The first-order valence-electron chi connectivity index (χ1n) is 4.81. The second kappa shape index (κ2) is 5.19. The van der Waals surface area contributed by atoms with E-state index in [-0.39, 0.29) is 29.5 Å². The third kappa shape index (κ3) is 2.97. The molecule has 0 radical (unpaired) electrons. The Kier molecular flexibility index (Phi) is 4.28. The lowest BCUT2D eigenvalue weighted by Crippen LogP contribution is -2.26. The van der Waals surface area contributed by atoms with Crippen molar-refractivity contribution in [2.24, 2.45) is 5.73 Å². The molecule has 0 saturated carbocycles. The lowest BCUT2D eigenvalue weighted by molar-refractivity contribution is -0.287. The summed E-state index contributed by atoms with van der Waals surface area (Å²) < 4.78 is 58.4. The molecule has 2 rings (SSSR count). The van der Waals surface area contributed by atoms with Crippen LogP contribution < -0.4 is 15.2 Å². The number of alkyl halides is 4. The van der Waals surface area contributed by atoms with Crippen LogP contribution in [0.1, 0.15) is 18.0 Å². The van der Waals surface area contributed by atoms with Gasteiger partial charge in [-0.2, -0.15) is 0 Å². The zero-order chi connectivity index (χ0) is 12.6. The van der Waals surface area contributed by atoms with Crippen molar-refractivity contribution in [3.05, 3.63) is 23.8 Å². The van der Waals surface area contributed by atoms with Crippen molar-refractivity contribution >= 4 is 12.4 Å². The van der Waals surface area contributed by atoms with E-state index >= 15 is 0 Å². The lowest BCUT2D eigenvalue weighted by Gasteiger charge is -2.13. The standard InChI is InChI=1S/C10H9F4NO2.ClH/c11-8(12)4-6(15)5-2-1-3-7-9(5)17-10(13,14)16-7;/h1-3,6,8H,4,15H2;1H/t6-;/m0./s1. The molecule has 1 aliphatic rings. The Labute approximate surface area is 106 Å². The van der Waals surface area contributed by atoms with Crippen LogP contribution in [-0.2, 0) is 0 Å². The predicted octanol–water partition coefficient (Wildman–Crippen LogP) is 3.08. The van der Waals surface area contributed by atoms with Crippen LogP contribution in [0.2, 0.25) is 0 Å². The van der Waals surface area contributed by atoms with Crippen LogP contribution in [0, 0.1) is 0 Å². The maximum atomic E-state index is 12.8. The van der Waals surface area contributed by atoms with Gasteiger partial charge in [-0.3, -0.25) is 0 Å². The van der Waals surface area contributed by atoms with E-state index in [2.05, 4.69) is 9.47 Å². The van der Waals surface area contributed by atoms with Crippen molar-refractivity contribution in [1.82, 2.24) is 0 Å². The van der Waals surface area contributed by atoms with Crippen LogP contribution in [-0.4, -0.2) is 12.7 Å². The SMILES string of the molecule is Cl.N[C@@H](CC(F)F)c1cccc2c1OC(F)(F)O2. The Morgan fingerprint density at radius 3 is 2.50 bits per heavy atom. The monoisotopic (exact) mass is 287 g/mol. The van der Waals surface area contributed by atoms with Crippen LogP contribution in [0.3, 0.4) is 0 Å². The van der Waals surface area contributed by atoms with E-state index in [1.165, 1.54) is 18.2 Å². The molecule has 8 heteroatoms. The predicted molar refractivity (Wildman–Crippen MR) is 57.4 cm³/mol. The smallest absolute Gasteiger partial charge is 0.395 e. The number of nitrogens with two attached hydrogens (primary N) is 1. The number of halogens is 5. The van der Waals surface area contributed by atoms with E-state index < -0.39 is 25.2 Å². The van der Waals surface area contributed by atoms with E-state index in [9.17, 15) is 17.6 Å². The van der Waals surface area contributed by atoms with Crippen LogP contribution in [0.15, 0.2) is 18.2 Å². The number of ether oxygens (including phenoxy) is 2. The molecule has 18 heavy (non-hydrogen) atoms. The molecule has 2 N–H and O–H groups in total. The van der Waals surface area contributed by atoms with E-state index in [0.717, 1.165) is 0 Å². The number of benzene rings is 1. The van der Waals surface area contributed by atoms with E-state index in [0.29, 0.717) is 0 Å². The average molecular weight is 288 g/mol. The number of hydrogen-bond acceptors (Lipinski definition) is 3. The molecule has 0 unspecified atom stereocenters. The van der Waals surface area contributed by atoms with E-state index in [1.807, 2.05) is 0 Å². The fourth-order valence-electron chi connectivity index (χ4n) is 1.60. The van der Waals surface area contributed by atoms with Crippen molar-refractivity contribution < 1.29 is 27.0 Å². The summed E-state index contributed by atoms with van der Waals surface area (Å²) in [5.74, 6) is -0.470. The zero-order valence-corrected chi connectivity index (χ0v) is 9.72. The van der Waals surface area contributed by atoms with Crippen LogP contribution >= 0.6 is 12.4 Å². The minimum atomic E-state index is -3.77. The van der Waals surface area contributed by atoms with Crippen molar-refractivity contribution in [2.75, 3.05) is 0 Å². The highest BCUT2D eigenvalue weighted by molar-refractivity contribution is 5.85. The largest absolute Gasteiger partial charge is 0.586 e. The molecule has 0 aromatic heterocycles. The van der Waals surface area contributed by atoms with Gasteiger partial charge in [0.2, 0.25) is 6.43 Å². The van der Waals surface area contributed by atoms with Crippen LogP contribution in [0.25, 0.3) is 0 Å². The summed E-state index contributed by atoms with van der Waals surface area (Å²) in [6.07, 6.45) is -7.03. The first-order valence-corrected chi connectivity index (χ1v) is 4.81. The van der Waals surface area contributed by atoms with Gasteiger partial charge in [-0.15, -0.1) is 21.2 Å². The Hall–Kier alpha value is -1.21. The third-order valence-electron chi connectivity index (χ3n) is 2.29. The summed E-state index contributed by atoms with van der Waals surface area (Å²) in [6, 6.07) is 2.93. The normalized spacial score (nSPS) is 17.4. The van der Waals surface area contributed by atoms with Gasteiger partial charge < -0.3 is 15.2 Å². The van der Waals surface area contributed by atoms with Gasteiger partial charge in [0.1, 0.15) is 0 Å². The van der Waals surface area contributed by atoms with E-state index in [4.69, 9.17) is 5.73 Å². The Bertz CT molecular complexity index is 430. The quantitative estimate of drug-likeness (QED) is 0.869. The molecule has 0 aliphatic carbocycles. The summed E-state index contributed by atoms with van der Waals surface area (Å²) in [4.78, 5) is 0. The number of fused-ring (bicyclic) bond motifs is 1. The van der Waals surface area contributed by atoms with Crippen LogP contribution in [0.5, 0.6) is 11.5 Å². The second-order valence-electron chi connectivity index (χ2n) is 3.58. The third-order valence-corrected chi connectivity index (χ3v) is 2.29. The molecule has 1 heterocycles. The maximum Gasteiger partial charge on any atom is 0.586 e. The van der Waals surface area contributed by atoms with Gasteiger partial charge in [0.05, 0.1) is 0 Å². The molecule has 1 aromatic rings. The fraction of sp³-hybridized carbons (Fsp3) is 0.400. The first kappa shape index (κ1) is 14.8. The summed E-state index contributed by atoms with van der Waals surface area (Å²) in [7, 11) is 0. The Morgan fingerprint density at radius 1 is 1.22 bits per heavy atom. The lowest BCUT2D eigenvalue weighted by atomic mass is 10.0. The summed E-state index contributed by atoms with van der Waals surface area (Å²) in [6.45, 7) is 0. The molecule has 102 valence electrons. The van der Waals surface area contributed by atoms with Crippen LogP contribution in [0.4, 0.5) is 17.6 Å². The number of rotatable bonds is 3. The van der Waals surface area contributed by atoms with Gasteiger partial charge in [0, 0.05) is 18.0 Å². The van der Waals surface area contributed by atoms with Gasteiger partial charge in [-0.25, -0.2) is 8.78 Å². The van der Waals surface area contributed by atoms with Gasteiger partial charge in [0.15, 0.2) is 11.5 Å². The topological polar surface area (TPSA) is 44.5 Å². The second-order valence-corrected chi connectivity index (χ2v) is 3.58. The molecule has 0 spiro atoms. The summed E-state index contributed by atoms with van der Waals surface area (Å²) in [5, 5.41) is 0. The van der Waals surface area contributed by atoms with Gasteiger partial charge >= 0.3 is 6.29 Å². The molecule has 3 nitrogen and oxygen atoms in total. The highest BCUT2D eigenvalue weighted by Crippen LogP contribution is 2.45. The van der Waals surface area contributed by atoms with Gasteiger partial charge in [-0.1, -0.05) is 12.1 Å². The highest BCUT2D eigenvalue weighted by Gasteiger charge is 2.44. The van der Waals surface area contributed by atoms with Crippen molar-refractivity contribution in [1.29, 1.82) is 0 Å². The number of hydrogen-bond donors (Lipinski definition) is 1. The summed E-state index contributed by atoms with van der Waals surface area (Å²) in [5.41, 5.74) is 5.58. The highest BCUT2D eigenvalue weighted by atomic mass is 35.5. The average Bonchev–Trinajstić information content (AvgIpc) is 2.49. The Balaban J connectivity index is 0.00000162. The zero-order valence-electron chi connectivity index (χ0n) is 8.91. The molecule has 1 aliphatic heterocycles. The Morgan fingerprint density at radius 2 is 1.89 bits per heavy atom. The van der Waals surface area contributed by atoms with Crippen molar-refractivity contribution in [3.8, 4) is 11.5 Å². The minimum Gasteiger partial charge on any atom is -0.395 e. The molecule has 0 saturated heterocycles. The maximum absolute atomic E-state index is 12.8. The molecular formula is C10H10ClF4NO2. The van der Waals surface area contributed by atoms with Gasteiger partial charge in [-0.05, 0) is 6.07 Å². The van der Waals surface area contributed by atoms with Crippen molar-refractivity contribution in [2.45, 2.75) is 25.2 Å². The molecule has 1 atom stereocenters. The first-order chi connectivity index (χ1) is 7.89. The minimum absolute atomic E-state index is 0. The summed E-state index contributed by atoms with van der Waals surface area (Å²) >= 11 is 0. The van der Waals surface area contributed by atoms with E-state index in [1.54, 1.807) is 0 Å². The molecule has 0 bridgehead atoms. The van der Waals surface area contributed by atoms with Crippen molar-refractivity contribution in [3.63, 3.8) is 0 Å². The number of para-hydroxylation sites is 1. The molecular weight excluding hydrogens is 278 g/mol. The molecule has 0 fully saturated rings. The molecule has 1 aromatic carbocycles.